The molecule has 3 heteroatoms. The average molecular weight is 587 g/mol. The molecule has 0 spiro atoms. The van der Waals surface area contributed by atoms with E-state index in [1.165, 1.54) is 22.3 Å². The van der Waals surface area contributed by atoms with E-state index in [1.807, 2.05) is 19.1 Å². The Morgan fingerprint density at radius 2 is 1.17 bits per heavy atom. The van der Waals surface area contributed by atoms with Crippen molar-refractivity contribution in [1.29, 1.82) is 0 Å². The van der Waals surface area contributed by atoms with Gasteiger partial charge in [0.2, 0.25) is 0 Å². The van der Waals surface area contributed by atoms with E-state index in [4.69, 9.17) is 21.2 Å². The normalized spacial score (nSPS) is 17.8. The predicted molar refractivity (Wildman–Crippen MR) is 160 cm³/mol. The summed E-state index contributed by atoms with van der Waals surface area (Å²) in [6, 6.07) is 13.6. The van der Waals surface area contributed by atoms with E-state index in [9.17, 15) is 0 Å². The molecule has 0 saturated carbocycles. The van der Waals surface area contributed by atoms with Gasteiger partial charge in [0.15, 0.2) is 0 Å². The van der Waals surface area contributed by atoms with Crippen molar-refractivity contribution >= 4 is 27.6 Å². The second-order valence-electron chi connectivity index (χ2n) is 13.8. The van der Waals surface area contributed by atoms with Crippen molar-refractivity contribution in [2.75, 3.05) is 0 Å². The molecule has 0 bridgehead atoms. The summed E-state index contributed by atoms with van der Waals surface area (Å²) in [6.45, 7) is 17.6. The molecule has 0 saturated heterocycles. The molecule has 2 aliphatic carbocycles. The predicted octanol–water partition coefficient (Wildman–Crippen LogP) is 9.60. The van der Waals surface area contributed by atoms with Crippen molar-refractivity contribution < 1.29 is 12.0 Å². The molecule has 0 aliphatic heterocycles. The summed E-state index contributed by atoms with van der Waals surface area (Å²) in [4.78, 5) is 0. The third-order valence-corrected chi connectivity index (χ3v) is 36.0. The molecule has 2 aromatic carbocycles. The molecule has 35 heavy (non-hydrogen) atoms. The van der Waals surface area contributed by atoms with E-state index in [1.54, 1.807) is 0 Å². The van der Waals surface area contributed by atoms with Crippen LogP contribution in [-0.2, 0) is 22.8 Å². The zero-order valence-corrected chi connectivity index (χ0v) is 26.8. The first-order chi connectivity index (χ1) is 15.7. The van der Waals surface area contributed by atoms with Gasteiger partial charge in [-0.25, -0.2) is 0 Å². The third-order valence-electron chi connectivity index (χ3n) is 8.93. The van der Waals surface area contributed by atoms with Crippen LogP contribution in [0.5, 0.6) is 0 Å². The van der Waals surface area contributed by atoms with Gasteiger partial charge in [0.1, 0.15) is 0 Å². The van der Waals surface area contributed by atoms with E-state index in [0.717, 1.165) is 20.8 Å². The van der Waals surface area contributed by atoms with Crippen LogP contribution in [0.25, 0.3) is 11.1 Å². The van der Waals surface area contributed by atoms with Gasteiger partial charge in [-0.05, 0) is 0 Å². The number of fused-ring (bicyclic) bond motifs is 3. The molecular weight excluding hydrogens is 546 g/mol. The van der Waals surface area contributed by atoms with Crippen molar-refractivity contribution in [1.82, 2.24) is 0 Å². The molecule has 2 aromatic rings. The van der Waals surface area contributed by atoms with Gasteiger partial charge in [-0.15, -0.1) is 0 Å². The second-order valence-corrected chi connectivity index (χ2v) is 52.3. The molecule has 2 aliphatic rings. The standard InChI is InChI=1S/C21H24.C5H4.C4H7.CH3.CH2.2ClH.Zr/c1-20(2,3)16-7-9-18-14(12-16)11-15-13-17(21(4,5)6)8-10-19(15)18;1-2-4-5-3-1;1-3-4-2;;;;;/h7-10,12-13H,1-6H3;1-4H;3H,1-2H3;1H3;1H2;2*1H;/q;;;;;;;+2/p-2. The molecule has 0 radical (unpaired) electrons. The Hall–Kier alpha value is -1.27. The van der Waals surface area contributed by atoms with E-state index in [-0.39, 0.29) is 10.8 Å². The number of hydrogen-bond acceptors (Lipinski definition) is 0. The van der Waals surface area contributed by atoms with E-state index >= 15 is 0 Å². The minimum absolute atomic E-state index is 0.0153. The van der Waals surface area contributed by atoms with Gasteiger partial charge >= 0.3 is 214 Å². The molecule has 0 unspecified atom stereocenters. The van der Waals surface area contributed by atoms with Crippen LogP contribution in [0.4, 0.5) is 0 Å². The monoisotopic (exact) mass is 584 g/mol. The summed E-state index contributed by atoms with van der Waals surface area (Å²) >= 11 is -6.37. The topological polar surface area (TPSA) is 0 Å². The Morgan fingerprint density at radius 3 is 1.51 bits per heavy atom. The Kier molecular flexibility index (Phi) is 5.19. The molecule has 0 aromatic heterocycles. The first-order valence-electron chi connectivity index (χ1n) is 12.7. The molecule has 0 N–H and O–H groups in total. The number of benzene rings is 2. The summed E-state index contributed by atoms with van der Waals surface area (Å²) < 4.78 is 10.0. The van der Waals surface area contributed by atoms with E-state index < -0.39 is 12.0 Å². The molecule has 0 fully saturated rings. The van der Waals surface area contributed by atoms with E-state index in [0.29, 0.717) is 0 Å². The van der Waals surface area contributed by atoms with Crippen molar-refractivity contribution in [2.45, 2.75) is 70.9 Å². The number of hydrogen-bond donors (Lipinski definition) is 0. The van der Waals surface area contributed by atoms with Gasteiger partial charge in [-0.1, -0.05) is 0 Å². The Labute approximate surface area is 212 Å². The van der Waals surface area contributed by atoms with Crippen LogP contribution in [0.2, 0.25) is 4.63 Å². The molecular formula is C32H40Cl2Zr. The molecule has 0 heterocycles. The quantitative estimate of drug-likeness (QED) is 0.266. The van der Waals surface area contributed by atoms with Crippen molar-refractivity contribution in [2.24, 2.45) is 0 Å². The summed E-state index contributed by atoms with van der Waals surface area (Å²) in [5.74, 6) is 0. The van der Waals surface area contributed by atoms with Gasteiger partial charge in [-0.2, -0.15) is 0 Å². The average Bonchev–Trinajstić information content (AvgIpc) is 3.38. The SMILES string of the molecule is [CH2]=[Zr]([CH3])([Cl])([Cl])([C](C)=CC)(=[C]1C=CC=C1)=[C]1c2cc(C(C)(C)C)ccc2-c2ccc(C(C)(C)C)cc21. The van der Waals surface area contributed by atoms with Crippen LogP contribution in [-0.4, -0.2) is 10.6 Å². The van der Waals surface area contributed by atoms with Crippen molar-refractivity contribution in [3.63, 3.8) is 0 Å². The maximum atomic E-state index is 8.36. The van der Waals surface area contributed by atoms with Crippen LogP contribution in [0.15, 0.2) is 70.1 Å². The fraction of sp³-hybridized carbons (Fsp3) is 0.344. The van der Waals surface area contributed by atoms with Gasteiger partial charge < -0.3 is 0 Å². The first-order valence-corrected chi connectivity index (χ1v) is 26.9. The van der Waals surface area contributed by atoms with Crippen LogP contribution in [0, 0.1) is 0 Å². The zero-order valence-electron chi connectivity index (χ0n) is 22.8. The number of halogens is 2. The van der Waals surface area contributed by atoms with Crippen LogP contribution in [0.3, 0.4) is 0 Å². The number of allylic oxidation sites excluding steroid dienone is 6. The summed E-state index contributed by atoms with van der Waals surface area (Å²) in [5.41, 5.74) is 7.08. The number of rotatable bonds is 1. The molecule has 186 valence electrons. The Bertz CT molecular complexity index is 1680. The van der Waals surface area contributed by atoms with Crippen LogP contribution >= 0.6 is 17.0 Å². The Balaban J connectivity index is 2.50. The van der Waals surface area contributed by atoms with Gasteiger partial charge in [-0.3, -0.25) is 0 Å². The van der Waals surface area contributed by atoms with E-state index in [2.05, 4.69) is 108 Å². The second kappa shape index (κ2) is 6.78. The van der Waals surface area contributed by atoms with Crippen molar-refractivity contribution in [3.05, 3.63) is 92.3 Å². The first kappa shape index (κ1) is 26.8. The molecule has 0 atom stereocenters. The summed E-state index contributed by atoms with van der Waals surface area (Å²) in [5, 5.41) is 0. The van der Waals surface area contributed by atoms with Gasteiger partial charge in [0.05, 0.1) is 0 Å². The molecule has 0 nitrogen and oxygen atoms in total. The maximum absolute atomic E-state index is 8.36. The van der Waals surface area contributed by atoms with Gasteiger partial charge in [0.25, 0.3) is 0 Å². The van der Waals surface area contributed by atoms with Crippen LogP contribution in [0.1, 0.15) is 77.6 Å². The van der Waals surface area contributed by atoms with Gasteiger partial charge in [0, 0.05) is 0 Å². The summed E-state index contributed by atoms with van der Waals surface area (Å²) in [6.07, 6.45) is 10.3. The Morgan fingerprint density at radius 1 is 0.771 bits per heavy atom. The fourth-order valence-corrected chi connectivity index (χ4v) is 25.4. The third kappa shape index (κ3) is 3.52. The van der Waals surface area contributed by atoms with Crippen LogP contribution < -0.4 is 0 Å². The molecule has 0 amide bonds. The minimum atomic E-state index is -6.37. The van der Waals surface area contributed by atoms with Crippen molar-refractivity contribution in [3.8, 4) is 11.1 Å². The fourth-order valence-electron chi connectivity index (χ4n) is 6.00. The summed E-state index contributed by atoms with van der Waals surface area (Å²) in [7, 11) is 16.7. The molecule has 4 rings (SSSR count). The zero-order chi connectivity index (χ0) is 26.4.